The van der Waals surface area contributed by atoms with Gasteiger partial charge >= 0.3 is 5.97 Å². The minimum Gasteiger partial charge on any atom is -0.482 e. The third-order valence-corrected chi connectivity index (χ3v) is 4.23. The lowest BCUT2D eigenvalue weighted by molar-refractivity contribution is -0.152. The molecule has 1 atom stereocenters. The Bertz CT molecular complexity index is 943. The second-order valence-electron chi connectivity index (χ2n) is 5.79. The van der Waals surface area contributed by atoms with Crippen molar-refractivity contribution in [2.45, 2.75) is 20.0 Å². The van der Waals surface area contributed by atoms with Crippen LogP contribution < -0.4 is 4.74 Å². The molecule has 0 spiro atoms. The van der Waals surface area contributed by atoms with Gasteiger partial charge in [-0.25, -0.2) is 9.18 Å². The molecule has 8 heteroatoms. The number of carbonyl (C=O) groups is 1. The van der Waals surface area contributed by atoms with Crippen molar-refractivity contribution < 1.29 is 23.2 Å². The summed E-state index contributed by atoms with van der Waals surface area (Å²) in [5, 5.41) is 3.81. The summed E-state index contributed by atoms with van der Waals surface area (Å²) in [6.45, 7) is 3.01. The third-order valence-electron chi connectivity index (χ3n) is 3.70. The first kappa shape index (κ1) is 19.0. The van der Waals surface area contributed by atoms with Gasteiger partial charge in [-0.3, -0.25) is 0 Å². The van der Waals surface area contributed by atoms with Crippen LogP contribution in [0.5, 0.6) is 5.75 Å². The zero-order valence-corrected chi connectivity index (χ0v) is 16.2. The van der Waals surface area contributed by atoms with Gasteiger partial charge in [0.15, 0.2) is 12.7 Å². The third kappa shape index (κ3) is 4.91. The van der Waals surface area contributed by atoms with Crippen molar-refractivity contribution >= 4 is 21.9 Å². The molecule has 0 N–H and O–H groups in total. The largest absolute Gasteiger partial charge is 0.482 e. The van der Waals surface area contributed by atoms with E-state index in [9.17, 15) is 9.18 Å². The van der Waals surface area contributed by atoms with E-state index in [1.807, 2.05) is 0 Å². The van der Waals surface area contributed by atoms with Crippen molar-refractivity contribution in [3.63, 3.8) is 0 Å². The SMILES string of the molecule is Cc1ccc(-c2noc(C(C)OC(=O)COc3ccc(Br)cc3)n2)cc1F. The molecule has 1 heterocycles. The molecule has 6 nitrogen and oxygen atoms in total. The Hall–Kier alpha value is -2.74. The van der Waals surface area contributed by atoms with Gasteiger partial charge in [-0.2, -0.15) is 4.98 Å². The smallest absolute Gasteiger partial charge is 0.344 e. The van der Waals surface area contributed by atoms with Crippen LogP contribution in [0.2, 0.25) is 0 Å². The summed E-state index contributed by atoms with van der Waals surface area (Å²) in [6, 6.07) is 11.7. The van der Waals surface area contributed by atoms with Gasteiger partial charge in [-0.05, 0) is 49.7 Å². The molecule has 2 aromatic carbocycles. The van der Waals surface area contributed by atoms with Gasteiger partial charge in [0.25, 0.3) is 5.89 Å². The Morgan fingerprint density at radius 2 is 2.00 bits per heavy atom. The molecule has 0 bridgehead atoms. The molecule has 0 saturated carbocycles. The van der Waals surface area contributed by atoms with Gasteiger partial charge in [-0.1, -0.05) is 33.2 Å². The second kappa shape index (κ2) is 8.30. The predicted octanol–water partition coefficient (Wildman–Crippen LogP) is 4.63. The van der Waals surface area contributed by atoms with Crippen LogP contribution in [-0.4, -0.2) is 22.7 Å². The normalized spacial score (nSPS) is 11.9. The minimum atomic E-state index is -0.762. The van der Waals surface area contributed by atoms with E-state index < -0.39 is 12.1 Å². The van der Waals surface area contributed by atoms with E-state index in [1.54, 1.807) is 50.2 Å². The number of carbonyl (C=O) groups excluding carboxylic acids is 1. The number of ether oxygens (including phenoxy) is 2. The van der Waals surface area contributed by atoms with Crippen LogP contribution in [-0.2, 0) is 9.53 Å². The number of benzene rings is 2. The summed E-state index contributed by atoms with van der Waals surface area (Å²) >= 11 is 3.32. The maximum absolute atomic E-state index is 13.7. The first-order valence-electron chi connectivity index (χ1n) is 8.10. The second-order valence-corrected chi connectivity index (χ2v) is 6.71. The van der Waals surface area contributed by atoms with Gasteiger partial charge < -0.3 is 14.0 Å². The van der Waals surface area contributed by atoms with Crippen LogP contribution in [0, 0.1) is 12.7 Å². The highest BCUT2D eigenvalue weighted by atomic mass is 79.9. The van der Waals surface area contributed by atoms with Gasteiger partial charge in [0.2, 0.25) is 5.82 Å². The monoisotopic (exact) mass is 434 g/mol. The average Bonchev–Trinajstić information content (AvgIpc) is 3.14. The molecule has 0 aliphatic rings. The van der Waals surface area contributed by atoms with Gasteiger partial charge in [0, 0.05) is 10.0 Å². The fourth-order valence-corrected chi connectivity index (χ4v) is 2.47. The summed E-state index contributed by atoms with van der Waals surface area (Å²) in [7, 11) is 0. The molecule has 27 heavy (non-hydrogen) atoms. The molecular weight excluding hydrogens is 419 g/mol. The number of hydrogen-bond acceptors (Lipinski definition) is 6. The Labute approximate surface area is 163 Å². The predicted molar refractivity (Wildman–Crippen MR) is 98.6 cm³/mol. The summed E-state index contributed by atoms with van der Waals surface area (Å²) in [6.07, 6.45) is -0.762. The van der Waals surface area contributed by atoms with Crippen LogP contribution in [0.15, 0.2) is 51.5 Å². The number of halogens is 2. The first-order valence-corrected chi connectivity index (χ1v) is 8.89. The number of rotatable bonds is 6. The Morgan fingerprint density at radius 3 is 2.70 bits per heavy atom. The maximum atomic E-state index is 13.7. The molecule has 1 unspecified atom stereocenters. The van der Waals surface area contributed by atoms with Crippen LogP contribution in [0.3, 0.4) is 0 Å². The highest BCUT2D eigenvalue weighted by Gasteiger charge is 2.20. The van der Waals surface area contributed by atoms with Crippen molar-refractivity contribution in [2.75, 3.05) is 6.61 Å². The average molecular weight is 435 g/mol. The van der Waals surface area contributed by atoms with Gasteiger partial charge in [-0.15, -0.1) is 0 Å². The molecule has 0 amide bonds. The Kier molecular flexibility index (Phi) is 5.85. The molecule has 3 aromatic rings. The lowest BCUT2D eigenvalue weighted by atomic mass is 10.1. The Balaban J connectivity index is 1.58. The summed E-state index contributed by atoms with van der Waals surface area (Å²) in [5.74, 6) is -0.0554. The standard InChI is InChI=1S/C19H16BrFN2O4/c1-11-3-4-13(9-16(11)21)18-22-19(27-23-18)12(2)26-17(24)10-25-15-7-5-14(20)6-8-15/h3-9,12H,10H2,1-2H3. The van der Waals surface area contributed by atoms with Crippen molar-refractivity contribution in [3.8, 4) is 17.1 Å². The summed E-state index contributed by atoms with van der Waals surface area (Å²) in [5.41, 5.74) is 1.00. The zero-order chi connectivity index (χ0) is 19.4. The minimum absolute atomic E-state index is 0.114. The molecule has 0 aliphatic carbocycles. The van der Waals surface area contributed by atoms with Gasteiger partial charge in [0.05, 0.1) is 0 Å². The fourth-order valence-electron chi connectivity index (χ4n) is 2.20. The molecule has 0 fully saturated rings. The Morgan fingerprint density at radius 1 is 1.26 bits per heavy atom. The van der Waals surface area contributed by atoms with E-state index in [4.69, 9.17) is 14.0 Å². The number of hydrogen-bond donors (Lipinski definition) is 0. The summed E-state index contributed by atoms with van der Waals surface area (Å²) < 4.78 is 30.3. The number of esters is 1. The number of aromatic nitrogens is 2. The first-order chi connectivity index (χ1) is 12.9. The lowest BCUT2D eigenvalue weighted by Gasteiger charge is -2.10. The van der Waals surface area contributed by atoms with Crippen LogP contribution in [0.1, 0.15) is 24.5 Å². The van der Waals surface area contributed by atoms with Crippen LogP contribution >= 0.6 is 15.9 Å². The molecular formula is C19H16BrFN2O4. The van der Waals surface area contributed by atoms with E-state index in [1.165, 1.54) is 6.07 Å². The number of nitrogens with zero attached hydrogens (tertiary/aromatic N) is 2. The highest BCUT2D eigenvalue weighted by molar-refractivity contribution is 9.10. The van der Waals surface area contributed by atoms with Crippen molar-refractivity contribution in [1.29, 1.82) is 0 Å². The zero-order valence-electron chi connectivity index (χ0n) is 14.6. The van der Waals surface area contributed by atoms with Crippen molar-refractivity contribution in [2.24, 2.45) is 0 Å². The lowest BCUT2D eigenvalue weighted by Crippen LogP contribution is -2.17. The molecule has 0 radical (unpaired) electrons. The molecule has 1 aromatic heterocycles. The van der Waals surface area contributed by atoms with Gasteiger partial charge in [0.1, 0.15) is 11.6 Å². The van der Waals surface area contributed by atoms with E-state index in [0.717, 1.165) is 4.47 Å². The van der Waals surface area contributed by atoms with Crippen LogP contribution in [0.25, 0.3) is 11.4 Å². The van der Waals surface area contributed by atoms with Crippen molar-refractivity contribution in [1.82, 2.24) is 10.1 Å². The van der Waals surface area contributed by atoms with Crippen LogP contribution in [0.4, 0.5) is 4.39 Å². The quantitative estimate of drug-likeness (QED) is 0.526. The number of aryl methyl sites for hydroxylation is 1. The highest BCUT2D eigenvalue weighted by Crippen LogP contribution is 2.22. The topological polar surface area (TPSA) is 74.5 Å². The molecule has 0 aliphatic heterocycles. The molecule has 0 saturated heterocycles. The fraction of sp³-hybridized carbons (Fsp3) is 0.211. The summed E-state index contributed by atoms with van der Waals surface area (Å²) in [4.78, 5) is 16.1. The van der Waals surface area contributed by atoms with E-state index in [2.05, 4.69) is 26.1 Å². The molecule has 140 valence electrons. The van der Waals surface area contributed by atoms with E-state index >= 15 is 0 Å². The maximum Gasteiger partial charge on any atom is 0.344 e. The van der Waals surface area contributed by atoms with E-state index in [-0.39, 0.29) is 24.1 Å². The molecule has 3 rings (SSSR count). The van der Waals surface area contributed by atoms with E-state index in [0.29, 0.717) is 16.9 Å². The van der Waals surface area contributed by atoms with Crippen molar-refractivity contribution in [3.05, 3.63) is 64.2 Å².